The van der Waals surface area contributed by atoms with E-state index < -0.39 is 12.4 Å². The zero-order valence-corrected chi connectivity index (χ0v) is 8.55. The molecule has 0 atom stereocenters. The summed E-state index contributed by atoms with van der Waals surface area (Å²) in [7, 11) is 0. The molecule has 1 rings (SSSR count). The quantitative estimate of drug-likeness (QED) is 0.820. The Morgan fingerprint density at radius 2 is 2.27 bits per heavy atom. The monoisotopic (exact) mass is 235 g/mol. The molecule has 0 unspecified atom stereocenters. The van der Waals surface area contributed by atoms with E-state index >= 15 is 0 Å². The molecule has 82 valence electrons. The van der Waals surface area contributed by atoms with Crippen LogP contribution >= 0.6 is 11.6 Å². The van der Waals surface area contributed by atoms with E-state index in [0.29, 0.717) is 0 Å². The maximum absolute atomic E-state index is 12.6. The lowest BCUT2D eigenvalue weighted by atomic mass is 10.0. The van der Waals surface area contributed by atoms with Gasteiger partial charge in [0.25, 0.3) is 6.43 Å². The van der Waals surface area contributed by atoms with Crippen molar-refractivity contribution >= 4 is 17.6 Å². The number of hydrogen-bond acceptors (Lipinski definition) is 2. The number of nitrogens with zero attached hydrogens (tertiary/aromatic N) is 1. The van der Waals surface area contributed by atoms with Crippen molar-refractivity contribution < 1.29 is 18.7 Å². The lowest BCUT2D eigenvalue weighted by Crippen LogP contribution is -2.08. The molecule has 0 aliphatic heterocycles. The molecule has 0 bridgehead atoms. The van der Waals surface area contributed by atoms with Gasteiger partial charge in [-0.25, -0.2) is 13.6 Å². The maximum atomic E-state index is 12.6. The van der Waals surface area contributed by atoms with E-state index in [9.17, 15) is 13.6 Å². The normalized spacial score (nSPS) is 10.7. The molecule has 15 heavy (non-hydrogen) atoms. The van der Waals surface area contributed by atoms with Crippen molar-refractivity contribution in [2.24, 2.45) is 0 Å². The molecule has 0 aliphatic rings. The first kappa shape index (κ1) is 11.8. The lowest BCUT2D eigenvalue weighted by Gasteiger charge is -2.11. The molecule has 0 spiro atoms. The average molecular weight is 236 g/mol. The molecule has 3 nitrogen and oxygen atoms in total. The second kappa shape index (κ2) is 4.53. The summed E-state index contributed by atoms with van der Waals surface area (Å²) in [5, 5.41) is 8.72. The van der Waals surface area contributed by atoms with E-state index in [2.05, 4.69) is 4.98 Å². The fourth-order valence-corrected chi connectivity index (χ4v) is 1.50. The van der Waals surface area contributed by atoms with Gasteiger partial charge in [-0.2, -0.15) is 0 Å². The molecule has 0 amide bonds. The smallest absolute Gasteiger partial charge is 0.337 e. The minimum Gasteiger partial charge on any atom is -0.478 e. The summed E-state index contributed by atoms with van der Waals surface area (Å²) in [5.74, 6) is -1.44. The third kappa shape index (κ3) is 2.23. The van der Waals surface area contributed by atoms with Crippen LogP contribution in [0.3, 0.4) is 0 Å². The zero-order chi connectivity index (χ0) is 11.6. The van der Waals surface area contributed by atoms with Gasteiger partial charge in [-0.3, -0.25) is 4.98 Å². The second-order valence-electron chi connectivity index (χ2n) is 2.90. The van der Waals surface area contributed by atoms with Crippen LogP contribution in [0.2, 0.25) is 0 Å². The number of carboxylic acid groups (broad SMARTS) is 1. The molecule has 0 aromatic carbocycles. The average Bonchev–Trinajstić information content (AvgIpc) is 2.15. The Hall–Kier alpha value is -1.23. The highest BCUT2D eigenvalue weighted by Gasteiger charge is 2.21. The van der Waals surface area contributed by atoms with E-state index in [4.69, 9.17) is 16.7 Å². The highest BCUT2D eigenvalue weighted by Crippen LogP contribution is 2.28. The molecule has 1 N–H and O–H groups in total. The predicted octanol–water partition coefficient (Wildman–Crippen LogP) is 2.76. The number of aromatic carboxylic acids is 1. The highest BCUT2D eigenvalue weighted by molar-refractivity contribution is 6.17. The molecule has 0 aliphatic carbocycles. The first-order valence-electron chi connectivity index (χ1n) is 4.04. The van der Waals surface area contributed by atoms with Crippen molar-refractivity contribution in [3.05, 3.63) is 28.6 Å². The highest BCUT2D eigenvalue weighted by atomic mass is 35.5. The fraction of sp³-hybridized carbons (Fsp3) is 0.333. The number of halogens is 3. The van der Waals surface area contributed by atoms with Crippen LogP contribution in [0.15, 0.2) is 6.20 Å². The number of carbonyl (C=O) groups is 1. The van der Waals surface area contributed by atoms with E-state index in [1.54, 1.807) is 0 Å². The van der Waals surface area contributed by atoms with Gasteiger partial charge >= 0.3 is 5.97 Å². The second-order valence-corrected chi connectivity index (χ2v) is 3.16. The van der Waals surface area contributed by atoms with E-state index in [0.717, 1.165) is 6.20 Å². The third-order valence-corrected chi connectivity index (χ3v) is 2.30. The molecule has 1 aromatic rings. The number of pyridine rings is 1. The molecule has 6 heteroatoms. The van der Waals surface area contributed by atoms with Crippen LogP contribution in [0.1, 0.15) is 33.6 Å². The van der Waals surface area contributed by atoms with Crippen molar-refractivity contribution in [1.82, 2.24) is 4.98 Å². The Morgan fingerprint density at radius 1 is 1.67 bits per heavy atom. The summed E-state index contributed by atoms with van der Waals surface area (Å²) >= 11 is 5.44. The number of carboxylic acids is 1. The molecule has 0 fully saturated rings. The van der Waals surface area contributed by atoms with E-state index in [-0.39, 0.29) is 28.3 Å². The van der Waals surface area contributed by atoms with Crippen molar-refractivity contribution in [1.29, 1.82) is 0 Å². The lowest BCUT2D eigenvalue weighted by molar-refractivity contribution is 0.0695. The molecule has 0 radical (unpaired) electrons. The van der Waals surface area contributed by atoms with Crippen molar-refractivity contribution in [2.75, 3.05) is 0 Å². The van der Waals surface area contributed by atoms with Crippen molar-refractivity contribution in [2.45, 2.75) is 19.2 Å². The number of aromatic nitrogens is 1. The third-order valence-electron chi connectivity index (χ3n) is 2.04. The van der Waals surface area contributed by atoms with Crippen LogP contribution in [-0.4, -0.2) is 16.1 Å². The first-order chi connectivity index (χ1) is 6.99. The van der Waals surface area contributed by atoms with Crippen LogP contribution in [-0.2, 0) is 5.88 Å². The minimum absolute atomic E-state index is 0.0168. The van der Waals surface area contributed by atoms with Crippen molar-refractivity contribution in [3.8, 4) is 0 Å². The summed E-state index contributed by atoms with van der Waals surface area (Å²) in [6.45, 7) is 1.32. The maximum Gasteiger partial charge on any atom is 0.337 e. The van der Waals surface area contributed by atoms with Gasteiger partial charge in [0.1, 0.15) is 0 Å². The minimum atomic E-state index is -2.77. The van der Waals surface area contributed by atoms with Crippen LogP contribution in [0.5, 0.6) is 0 Å². The van der Waals surface area contributed by atoms with Crippen LogP contribution in [0, 0.1) is 6.92 Å². The van der Waals surface area contributed by atoms with Crippen LogP contribution < -0.4 is 0 Å². The van der Waals surface area contributed by atoms with Gasteiger partial charge in [-0.05, 0) is 12.5 Å². The summed E-state index contributed by atoms with van der Waals surface area (Å²) < 4.78 is 25.3. The SMILES string of the molecule is Cc1c(C(=O)O)cnc(CCl)c1C(F)F. The summed E-state index contributed by atoms with van der Waals surface area (Å²) in [6, 6.07) is 0. The van der Waals surface area contributed by atoms with Gasteiger partial charge in [0, 0.05) is 11.8 Å². The summed E-state index contributed by atoms with van der Waals surface area (Å²) in [4.78, 5) is 14.3. The standard InChI is InChI=1S/C9H8ClF2NO2/c1-4-5(9(14)15)3-13-6(2-10)7(4)8(11)12/h3,8H,2H2,1H3,(H,14,15). The molecular weight excluding hydrogens is 228 g/mol. The zero-order valence-electron chi connectivity index (χ0n) is 7.80. The van der Waals surface area contributed by atoms with Gasteiger partial charge in [-0.1, -0.05) is 0 Å². The number of rotatable bonds is 3. The topological polar surface area (TPSA) is 50.2 Å². The molecule has 0 saturated carbocycles. The van der Waals surface area contributed by atoms with Gasteiger partial charge in [0.15, 0.2) is 0 Å². The van der Waals surface area contributed by atoms with E-state index in [1.165, 1.54) is 6.92 Å². The first-order valence-corrected chi connectivity index (χ1v) is 4.58. The number of hydrogen-bond donors (Lipinski definition) is 1. The van der Waals surface area contributed by atoms with Gasteiger partial charge < -0.3 is 5.11 Å². The largest absolute Gasteiger partial charge is 0.478 e. The van der Waals surface area contributed by atoms with Crippen LogP contribution in [0.25, 0.3) is 0 Å². The molecule has 1 aromatic heterocycles. The Morgan fingerprint density at radius 3 is 2.67 bits per heavy atom. The Balaban J connectivity index is 3.42. The fourth-order valence-electron chi connectivity index (χ4n) is 1.28. The number of alkyl halides is 3. The Kier molecular flexibility index (Phi) is 3.57. The summed E-state index contributed by atoms with van der Waals surface area (Å²) in [5.41, 5.74) is -0.568. The predicted molar refractivity (Wildman–Crippen MR) is 50.4 cm³/mol. The van der Waals surface area contributed by atoms with Gasteiger partial charge in [-0.15, -0.1) is 11.6 Å². The summed E-state index contributed by atoms with van der Waals surface area (Å²) in [6.07, 6.45) is -1.73. The Labute approximate surface area is 89.7 Å². The van der Waals surface area contributed by atoms with Crippen molar-refractivity contribution in [3.63, 3.8) is 0 Å². The molecular formula is C9H8ClF2NO2. The van der Waals surface area contributed by atoms with Gasteiger partial charge in [0.05, 0.1) is 17.1 Å². The molecule has 0 saturated heterocycles. The van der Waals surface area contributed by atoms with Crippen LogP contribution in [0.4, 0.5) is 8.78 Å². The molecule has 1 heterocycles. The Bertz CT molecular complexity index is 396. The van der Waals surface area contributed by atoms with Gasteiger partial charge in [0.2, 0.25) is 0 Å². The van der Waals surface area contributed by atoms with E-state index in [1.807, 2.05) is 0 Å².